The Bertz CT molecular complexity index is 488. The van der Waals surface area contributed by atoms with Crippen molar-refractivity contribution >= 4 is 17.6 Å². The molecule has 8 heteroatoms. The maximum atomic E-state index is 12.2. The summed E-state index contributed by atoms with van der Waals surface area (Å²) in [5.41, 5.74) is 6.48. The molecule has 1 atom stereocenters. The van der Waals surface area contributed by atoms with Crippen molar-refractivity contribution in [1.29, 1.82) is 0 Å². The number of amides is 2. The van der Waals surface area contributed by atoms with Gasteiger partial charge in [-0.3, -0.25) is 14.7 Å². The van der Waals surface area contributed by atoms with Crippen molar-refractivity contribution in [2.24, 2.45) is 0 Å². The van der Waals surface area contributed by atoms with Crippen molar-refractivity contribution in [1.82, 2.24) is 20.4 Å². The van der Waals surface area contributed by atoms with Gasteiger partial charge in [-0.25, -0.2) is 0 Å². The third kappa shape index (κ3) is 2.90. The number of anilines is 1. The van der Waals surface area contributed by atoms with E-state index in [1.165, 1.54) is 0 Å². The molecule has 1 aliphatic rings. The Morgan fingerprint density at radius 2 is 2.10 bits per heavy atom. The van der Waals surface area contributed by atoms with Crippen LogP contribution in [-0.2, 0) is 9.53 Å². The molecule has 2 heterocycles. The van der Waals surface area contributed by atoms with Gasteiger partial charge in [0.1, 0.15) is 11.6 Å². The Hall–Kier alpha value is -2.09. The molecule has 110 valence electrons. The minimum Gasteiger partial charge on any atom is -0.382 e. The Kier molecular flexibility index (Phi) is 4.23. The van der Waals surface area contributed by atoms with Crippen LogP contribution in [0.5, 0.6) is 0 Å². The van der Waals surface area contributed by atoms with Gasteiger partial charge in [-0.2, -0.15) is 5.10 Å². The van der Waals surface area contributed by atoms with Gasteiger partial charge in [-0.05, 0) is 13.8 Å². The zero-order valence-corrected chi connectivity index (χ0v) is 11.6. The van der Waals surface area contributed by atoms with E-state index in [2.05, 4.69) is 15.5 Å². The molecule has 0 radical (unpaired) electrons. The van der Waals surface area contributed by atoms with Gasteiger partial charge in [0.2, 0.25) is 5.91 Å². The van der Waals surface area contributed by atoms with E-state index in [1.54, 1.807) is 18.7 Å². The Morgan fingerprint density at radius 3 is 2.65 bits per heavy atom. The second-order valence-electron chi connectivity index (χ2n) is 4.74. The summed E-state index contributed by atoms with van der Waals surface area (Å²) in [6.07, 6.45) is 0. The van der Waals surface area contributed by atoms with Crippen molar-refractivity contribution < 1.29 is 14.3 Å². The van der Waals surface area contributed by atoms with Crippen LogP contribution in [0.1, 0.15) is 23.0 Å². The fourth-order valence-corrected chi connectivity index (χ4v) is 2.12. The highest BCUT2D eigenvalue weighted by molar-refractivity contribution is 6.01. The molecule has 1 aliphatic heterocycles. The van der Waals surface area contributed by atoms with Gasteiger partial charge in [0.15, 0.2) is 5.82 Å². The molecule has 1 saturated heterocycles. The number of hydrogen-bond acceptors (Lipinski definition) is 5. The smallest absolute Gasteiger partial charge is 0.257 e. The molecular formula is C12H19N5O3. The van der Waals surface area contributed by atoms with Crippen LogP contribution in [-0.4, -0.2) is 59.3 Å². The fraction of sp³-hybridized carbons (Fsp3) is 0.583. The number of hydrogen-bond donors (Lipinski definition) is 3. The molecule has 0 spiro atoms. The summed E-state index contributed by atoms with van der Waals surface area (Å²) >= 11 is 0. The van der Waals surface area contributed by atoms with Gasteiger partial charge in [0.05, 0.1) is 13.2 Å². The number of aryl methyl sites for hydroxylation is 1. The quantitative estimate of drug-likeness (QED) is 0.676. The first-order valence-electron chi connectivity index (χ1n) is 6.48. The molecule has 0 aliphatic carbocycles. The lowest BCUT2D eigenvalue weighted by Crippen LogP contribution is -2.50. The van der Waals surface area contributed by atoms with Crippen molar-refractivity contribution in [3.63, 3.8) is 0 Å². The summed E-state index contributed by atoms with van der Waals surface area (Å²) in [5, 5.41) is 9.05. The predicted molar refractivity (Wildman–Crippen MR) is 72.1 cm³/mol. The van der Waals surface area contributed by atoms with E-state index >= 15 is 0 Å². The molecule has 0 aromatic carbocycles. The third-order valence-corrected chi connectivity index (χ3v) is 3.24. The van der Waals surface area contributed by atoms with Crippen LogP contribution in [0.15, 0.2) is 0 Å². The number of carbonyl (C=O) groups is 2. The van der Waals surface area contributed by atoms with Gasteiger partial charge >= 0.3 is 0 Å². The van der Waals surface area contributed by atoms with Crippen molar-refractivity contribution in [3.8, 4) is 0 Å². The average molecular weight is 281 g/mol. The second kappa shape index (κ2) is 5.91. The number of morpholine rings is 1. The molecule has 1 aromatic heterocycles. The fourth-order valence-electron chi connectivity index (χ4n) is 2.12. The SMILES string of the molecule is Cc1[nH]nc(N)c1C(=O)NC(C)C(=O)N1CCOCC1. The second-order valence-corrected chi connectivity index (χ2v) is 4.74. The van der Waals surface area contributed by atoms with Crippen molar-refractivity contribution in [3.05, 3.63) is 11.3 Å². The summed E-state index contributed by atoms with van der Waals surface area (Å²) in [5.74, 6) is -0.393. The van der Waals surface area contributed by atoms with Gasteiger partial charge in [-0.15, -0.1) is 0 Å². The maximum absolute atomic E-state index is 12.2. The number of aromatic nitrogens is 2. The highest BCUT2D eigenvalue weighted by Gasteiger charge is 2.25. The summed E-state index contributed by atoms with van der Waals surface area (Å²) in [4.78, 5) is 26.0. The van der Waals surface area contributed by atoms with E-state index in [4.69, 9.17) is 10.5 Å². The minimum absolute atomic E-state index is 0.124. The topological polar surface area (TPSA) is 113 Å². The maximum Gasteiger partial charge on any atom is 0.257 e. The molecule has 4 N–H and O–H groups in total. The summed E-state index contributed by atoms with van der Waals surface area (Å²) in [6, 6.07) is -0.616. The standard InChI is InChI=1S/C12H19N5O3/c1-7-9(10(13)16-15-7)11(18)14-8(2)12(19)17-3-5-20-6-4-17/h8H,3-6H2,1-2H3,(H,14,18)(H3,13,15,16). The summed E-state index contributed by atoms with van der Waals surface area (Å²) in [7, 11) is 0. The van der Waals surface area contributed by atoms with Crippen molar-refractivity contribution in [2.75, 3.05) is 32.0 Å². The van der Waals surface area contributed by atoms with Crippen LogP contribution in [0.2, 0.25) is 0 Å². The lowest BCUT2D eigenvalue weighted by molar-refractivity contribution is -0.136. The molecule has 0 bridgehead atoms. The van der Waals surface area contributed by atoms with E-state index in [1.807, 2.05) is 0 Å². The third-order valence-electron chi connectivity index (χ3n) is 3.24. The van der Waals surface area contributed by atoms with Crippen LogP contribution in [0.3, 0.4) is 0 Å². The number of nitrogens with zero attached hydrogens (tertiary/aromatic N) is 2. The number of nitrogens with one attached hydrogen (secondary N) is 2. The van der Waals surface area contributed by atoms with Gasteiger partial charge in [0, 0.05) is 18.8 Å². The first-order chi connectivity index (χ1) is 9.50. The highest BCUT2D eigenvalue weighted by Crippen LogP contribution is 2.12. The van der Waals surface area contributed by atoms with Crippen molar-refractivity contribution in [2.45, 2.75) is 19.9 Å². The average Bonchev–Trinajstić information content (AvgIpc) is 2.78. The Balaban J connectivity index is 1.98. The predicted octanol–water partition coefficient (Wildman–Crippen LogP) is -0.723. The number of ether oxygens (including phenoxy) is 1. The monoisotopic (exact) mass is 281 g/mol. The first kappa shape index (κ1) is 14.3. The van der Waals surface area contributed by atoms with Crippen LogP contribution in [0.4, 0.5) is 5.82 Å². The first-order valence-corrected chi connectivity index (χ1v) is 6.48. The Labute approximate surface area is 116 Å². The van der Waals surface area contributed by atoms with E-state index in [9.17, 15) is 9.59 Å². The Morgan fingerprint density at radius 1 is 1.45 bits per heavy atom. The van der Waals surface area contributed by atoms with Gasteiger partial charge < -0.3 is 20.7 Å². The zero-order valence-electron chi connectivity index (χ0n) is 11.6. The lowest BCUT2D eigenvalue weighted by atomic mass is 10.2. The number of H-pyrrole nitrogens is 1. The molecule has 2 rings (SSSR count). The molecule has 1 aromatic rings. The molecule has 1 unspecified atom stereocenters. The minimum atomic E-state index is -0.616. The molecule has 2 amide bonds. The highest BCUT2D eigenvalue weighted by atomic mass is 16.5. The molecular weight excluding hydrogens is 262 g/mol. The molecule has 1 fully saturated rings. The molecule has 0 saturated carbocycles. The number of rotatable bonds is 3. The zero-order chi connectivity index (χ0) is 14.7. The van der Waals surface area contributed by atoms with Crippen LogP contribution in [0.25, 0.3) is 0 Å². The molecule has 8 nitrogen and oxygen atoms in total. The van der Waals surface area contributed by atoms with E-state index in [-0.39, 0.29) is 17.3 Å². The number of nitrogens with two attached hydrogens (primary N) is 1. The number of nitrogen functional groups attached to an aromatic ring is 1. The van der Waals surface area contributed by atoms with E-state index < -0.39 is 11.9 Å². The lowest BCUT2D eigenvalue weighted by Gasteiger charge is -2.29. The number of aromatic amines is 1. The van der Waals surface area contributed by atoms with Gasteiger partial charge in [-0.1, -0.05) is 0 Å². The largest absolute Gasteiger partial charge is 0.382 e. The van der Waals surface area contributed by atoms with Crippen LogP contribution in [0, 0.1) is 6.92 Å². The summed E-state index contributed by atoms with van der Waals surface area (Å²) in [6.45, 7) is 5.51. The van der Waals surface area contributed by atoms with Crippen LogP contribution >= 0.6 is 0 Å². The van der Waals surface area contributed by atoms with Gasteiger partial charge in [0.25, 0.3) is 5.91 Å². The number of carbonyl (C=O) groups excluding carboxylic acids is 2. The van der Waals surface area contributed by atoms with Crippen LogP contribution < -0.4 is 11.1 Å². The van der Waals surface area contributed by atoms with E-state index in [0.717, 1.165) is 0 Å². The molecule has 20 heavy (non-hydrogen) atoms. The normalized spacial score (nSPS) is 16.8. The van der Waals surface area contributed by atoms with E-state index in [0.29, 0.717) is 32.0 Å². The summed E-state index contributed by atoms with van der Waals surface area (Å²) < 4.78 is 5.19.